The van der Waals surface area contributed by atoms with E-state index in [4.69, 9.17) is 0 Å². The maximum absolute atomic E-state index is 12.0. The predicted octanol–water partition coefficient (Wildman–Crippen LogP) is 3.82. The molecule has 108 valence electrons. The third-order valence-corrected chi connectivity index (χ3v) is 3.35. The van der Waals surface area contributed by atoms with Gasteiger partial charge in [-0.3, -0.25) is 0 Å². The summed E-state index contributed by atoms with van der Waals surface area (Å²) in [6, 6.07) is 6.36. The molecule has 0 amide bonds. The Balaban J connectivity index is 2.48. The quantitative estimate of drug-likeness (QED) is 0.826. The number of alkyl halides is 3. The number of nitrogens with one attached hydrogen (secondary N) is 1. The molecule has 1 N–H and O–H groups in total. The molecule has 0 aromatic heterocycles. The van der Waals surface area contributed by atoms with Gasteiger partial charge in [-0.25, -0.2) is 0 Å². The average molecular weight is 293 g/mol. The smallest absolute Gasteiger partial charge is 0.406 e. The second kappa shape index (κ2) is 7.65. The van der Waals surface area contributed by atoms with Gasteiger partial charge in [0.2, 0.25) is 0 Å². The van der Waals surface area contributed by atoms with Gasteiger partial charge < -0.3 is 10.1 Å². The minimum atomic E-state index is -4.63. The molecule has 0 saturated heterocycles. The van der Waals surface area contributed by atoms with Crippen LogP contribution in [0.15, 0.2) is 24.3 Å². The number of benzene rings is 1. The Bertz CT molecular complexity index is 367. The Kier molecular flexibility index (Phi) is 6.51. The van der Waals surface area contributed by atoms with Crippen molar-refractivity contribution in [2.24, 2.45) is 0 Å². The zero-order chi connectivity index (χ0) is 14.3. The van der Waals surface area contributed by atoms with Crippen LogP contribution in [0.1, 0.15) is 18.9 Å². The van der Waals surface area contributed by atoms with Crippen LogP contribution in [0, 0.1) is 0 Å². The lowest BCUT2D eigenvalue weighted by Crippen LogP contribution is -2.30. The molecular weight excluding hydrogens is 275 g/mol. The van der Waals surface area contributed by atoms with E-state index >= 15 is 0 Å². The van der Waals surface area contributed by atoms with E-state index in [9.17, 15) is 13.2 Å². The maximum atomic E-state index is 12.0. The lowest BCUT2D eigenvalue weighted by Gasteiger charge is -2.16. The molecule has 1 rings (SSSR count). The van der Waals surface area contributed by atoms with Crippen LogP contribution in [-0.4, -0.2) is 24.4 Å². The summed E-state index contributed by atoms with van der Waals surface area (Å²) in [6.07, 6.45) is -1.56. The Hall–Kier alpha value is -0.880. The van der Waals surface area contributed by atoms with Crippen LogP contribution in [0.2, 0.25) is 0 Å². The summed E-state index contributed by atoms with van der Waals surface area (Å²) in [5, 5.41) is 3.37. The minimum absolute atomic E-state index is 0.188. The summed E-state index contributed by atoms with van der Waals surface area (Å²) in [4.78, 5) is 0. The highest BCUT2D eigenvalue weighted by Gasteiger charge is 2.30. The van der Waals surface area contributed by atoms with Crippen LogP contribution in [0.4, 0.5) is 13.2 Å². The highest BCUT2D eigenvalue weighted by Crippen LogP contribution is 2.22. The Morgan fingerprint density at radius 2 is 1.89 bits per heavy atom. The van der Waals surface area contributed by atoms with Crippen molar-refractivity contribution in [3.8, 4) is 5.75 Å². The molecule has 0 bridgehead atoms. The van der Waals surface area contributed by atoms with E-state index in [0.717, 1.165) is 17.7 Å². The average Bonchev–Trinajstić information content (AvgIpc) is 2.34. The van der Waals surface area contributed by atoms with Crippen LogP contribution in [0.5, 0.6) is 5.75 Å². The van der Waals surface area contributed by atoms with Crippen molar-refractivity contribution in [2.75, 3.05) is 12.0 Å². The van der Waals surface area contributed by atoms with Gasteiger partial charge in [-0.15, -0.1) is 13.2 Å². The standard InChI is InChI=1S/C13H18F3NOS/c1-3-11(9-19-2)17-8-10-4-6-12(7-5-10)18-13(14,15)16/h4-7,11,17H,3,8-9H2,1-2H3. The summed E-state index contributed by atoms with van der Waals surface area (Å²) in [7, 11) is 0. The van der Waals surface area contributed by atoms with Crippen molar-refractivity contribution < 1.29 is 17.9 Å². The maximum Gasteiger partial charge on any atom is 0.573 e. The van der Waals surface area contributed by atoms with Gasteiger partial charge in [-0.2, -0.15) is 11.8 Å². The molecule has 1 aromatic carbocycles. The van der Waals surface area contributed by atoms with Crippen LogP contribution in [-0.2, 0) is 6.54 Å². The fraction of sp³-hybridized carbons (Fsp3) is 0.538. The predicted molar refractivity (Wildman–Crippen MR) is 72.4 cm³/mol. The summed E-state index contributed by atoms with van der Waals surface area (Å²) < 4.78 is 39.8. The molecule has 0 radical (unpaired) electrons. The fourth-order valence-corrected chi connectivity index (χ4v) is 2.35. The lowest BCUT2D eigenvalue weighted by molar-refractivity contribution is -0.274. The first kappa shape index (κ1) is 16.2. The molecule has 1 aromatic rings. The zero-order valence-corrected chi connectivity index (χ0v) is 11.8. The summed E-state index contributed by atoms with van der Waals surface area (Å²) >= 11 is 1.77. The molecule has 1 unspecified atom stereocenters. The van der Waals surface area contributed by atoms with Gasteiger partial charge in [0.1, 0.15) is 5.75 Å². The van der Waals surface area contributed by atoms with Crippen molar-refractivity contribution >= 4 is 11.8 Å². The molecule has 0 heterocycles. The van der Waals surface area contributed by atoms with Crippen LogP contribution in [0.25, 0.3) is 0 Å². The zero-order valence-electron chi connectivity index (χ0n) is 11.0. The molecule has 0 aliphatic rings. The van der Waals surface area contributed by atoms with Crippen molar-refractivity contribution in [3.63, 3.8) is 0 Å². The molecule has 19 heavy (non-hydrogen) atoms. The number of hydrogen-bond acceptors (Lipinski definition) is 3. The molecule has 2 nitrogen and oxygen atoms in total. The Morgan fingerprint density at radius 3 is 2.37 bits per heavy atom. The van der Waals surface area contributed by atoms with E-state index in [2.05, 4.69) is 17.0 Å². The fourth-order valence-electron chi connectivity index (χ4n) is 1.59. The lowest BCUT2D eigenvalue weighted by atomic mass is 10.2. The number of thioether (sulfide) groups is 1. The second-order valence-electron chi connectivity index (χ2n) is 4.13. The van der Waals surface area contributed by atoms with E-state index < -0.39 is 6.36 Å². The van der Waals surface area contributed by atoms with E-state index in [0.29, 0.717) is 12.6 Å². The normalized spacial score (nSPS) is 13.3. The SMILES string of the molecule is CCC(CSC)NCc1ccc(OC(F)(F)F)cc1. The summed E-state index contributed by atoms with van der Waals surface area (Å²) in [5.41, 5.74) is 0.939. The number of ether oxygens (including phenoxy) is 1. The first-order valence-corrected chi connectivity index (χ1v) is 7.41. The molecule has 0 fully saturated rings. The summed E-state index contributed by atoms with van der Waals surface area (Å²) in [6.45, 7) is 2.75. The number of rotatable bonds is 7. The van der Waals surface area contributed by atoms with E-state index in [1.807, 2.05) is 6.26 Å². The Morgan fingerprint density at radius 1 is 1.26 bits per heavy atom. The topological polar surface area (TPSA) is 21.3 Å². The van der Waals surface area contributed by atoms with Gasteiger partial charge >= 0.3 is 6.36 Å². The van der Waals surface area contributed by atoms with E-state index in [-0.39, 0.29) is 5.75 Å². The molecule has 6 heteroatoms. The van der Waals surface area contributed by atoms with Crippen molar-refractivity contribution in [1.82, 2.24) is 5.32 Å². The van der Waals surface area contributed by atoms with Crippen molar-refractivity contribution in [2.45, 2.75) is 32.3 Å². The van der Waals surface area contributed by atoms with Crippen LogP contribution < -0.4 is 10.1 Å². The van der Waals surface area contributed by atoms with Crippen LogP contribution in [0.3, 0.4) is 0 Å². The largest absolute Gasteiger partial charge is 0.573 e. The molecule has 0 aliphatic heterocycles. The molecule has 0 aliphatic carbocycles. The van der Waals surface area contributed by atoms with Crippen LogP contribution >= 0.6 is 11.8 Å². The number of hydrogen-bond donors (Lipinski definition) is 1. The van der Waals surface area contributed by atoms with Gasteiger partial charge in [-0.05, 0) is 30.4 Å². The van der Waals surface area contributed by atoms with Gasteiger partial charge in [0, 0.05) is 18.3 Å². The Labute approximate surface area is 115 Å². The van der Waals surface area contributed by atoms with Crippen molar-refractivity contribution in [1.29, 1.82) is 0 Å². The number of halogens is 3. The van der Waals surface area contributed by atoms with Gasteiger partial charge in [0.05, 0.1) is 0 Å². The van der Waals surface area contributed by atoms with Gasteiger partial charge in [-0.1, -0.05) is 19.1 Å². The third-order valence-electron chi connectivity index (χ3n) is 2.61. The molecule has 1 atom stereocenters. The van der Waals surface area contributed by atoms with Gasteiger partial charge in [0.25, 0.3) is 0 Å². The monoisotopic (exact) mass is 293 g/mol. The summed E-state index contributed by atoms with van der Waals surface area (Å²) in [5.74, 6) is 0.832. The molecule has 0 spiro atoms. The first-order valence-electron chi connectivity index (χ1n) is 6.01. The highest BCUT2D eigenvalue weighted by atomic mass is 32.2. The van der Waals surface area contributed by atoms with E-state index in [1.165, 1.54) is 12.1 Å². The van der Waals surface area contributed by atoms with E-state index in [1.54, 1.807) is 23.9 Å². The second-order valence-corrected chi connectivity index (χ2v) is 5.04. The third kappa shape index (κ3) is 6.73. The molecular formula is C13H18F3NOS. The first-order chi connectivity index (χ1) is 8.94. The van der Waals surface area contributed by atoms with Gasteiger partial charge in [0.15, 0.2) is 0 Å². The minimum Gasteiger partial charge on any atom is -0.406 e. The van der Waals surface area contributed by atoms with Crippen molar-refractivity contribution in [3.05, 3.63) is 29.8 Å². The highest BCUT2D eigenvalue weighted by molar-refractivity contribution is 7.98. The molecule has 0 saturated carbocycles.